The van der Waals surface area contributed by atoms with Gasteiger partial charge in [-0.1, -0.05) is 17.4 Å². The van der Waals surface area contributed by atoms with Gasteiger partial charge in [-0.2, -0.15) is 0 Å². The molecule has 0 bridgehead atoms. The Kier molecular flexibility index (Phi) is 4.26. The molecule has 1 amide bonds. The average Bonchev–Trinajstić information content (AvgIpc) is 3.05. The maximum atomic E-state index is 11.1. The van der Waals surface area contributed by atoms with Gasteiger partial charge in [0, 0.05) is 24.1 Å². The molecule has 118 valence electrons. The first-order valence-electron chi connectivity index (χ1n) is 6.78. The number of phenols is 1. The summed E-state index contributed by atoms with van der Waals surface area (Å²) in [6.07, 6.45) is 0. The van der Waals surface area contributed by atoms with E-state index in [2.05, 4.69) is 20.6 Å². The van der Waals surface area contributed by atoms with Crippen LogP contribution in [0.25, 0.3) is 10.6 Å². The predicted molar refractivity (Wildman–Crippen MR) is 93.7 cm³/mol. The van der Waals surface area contributed by atoms with E-state index in [9.17, 15) is 9.90 Å². The van der Waals surface area contributed by atoms with Crippen LogP contribution in [0, 0.1) is 6.92 Å². The largest absolute Gasteiger partial charge is 0.508 e. The van der Waals surface area contributed by atoms with Gasteiger partial charge < -0.3 is 15.7 Å². The summed E-state index contributed by atoms with van der Waals surface area (Å²) in [4.78, 5) is 20.9. The van der Waals surface area contributed by atoms with Crippen LogP contribution < -0.4 is 10.6 Å². The number of hydrogen-bond donors (Lipinski definition) is 3. The number of rotatable bonds is 4. The van der Waals surface area contributed by atoms with Gasteiger partial charge in [0.1, 0.15) is 5.75 Å². The van der Waals surface area contributed by atoms with E-state index >= 15 is 0 Å². The van der Waals surface area contributed by atoms with Crippen LogP contribution in [-0.4, -0.2) is 21.0 Å². The number of aromatic hydroxyl groups is 1. The van der Waals surface area contributed by atoms with Crippen LogP contribution in [0.1, 0.15) is 12.6 Å². The second kappa shape index (κ2) is 6.35. The van der Waals surface area contributed by atoms with Crippen molar-refractivity contribution in [2.24, 2.45) is 0 Å². The smallest absolute Gasteiger partial charge is 0.223 e. The van der Waals surface area contributed by atoms with Crippen molar-refractivity contribution in [1.82, 2.24) is 9.97 Å². The molecule has 0 aliphatic rings. The molecule has 3 rings (SSSR count). The lowest BCUT2D eigenvalue weighted by atomic mass is 10.3. The summed E-state index contributed by atoms with van der Waals surface area (Å²) in [5.74, 6) is 0.0554. The minimum Gasteiger partial charge on any atom is -0.508 e. The van der Waals surface area contributed by atoms with E-state index < -0.39 is 0 Å². The number of aromatic nitrogens is 2. The Morgan fingerprint density at radius 2 is 2.09 bits per heavy atom. The standard InChI is InChI=1S/C15H14N4O2S2/c1-8-13(23-15(16-8)17-9(2)20)12-7-22-14(19-12)18-10-4-3-5-11(21)6-10/h3-7,21H,1-2H3,(H,18,19)(H,16,17,20). The number of aryl methyl sites for hydroxylation is 1. The molecule has 0 saturated heterocycles. The van der Waals surface area contributed by atoms with Crippen molar-refractivity contribution in [2.75, 3.05) is 10.6 Å². The number of nitrogens with zero attached hydrogens (tertiary/aromatic N) is 2. The van der Waals surface area contributed by atoms with Crippen LogP contribution in [0.2, 0.25) is 0 Å². The summed E-state index contributed by atoms with van der Waals surface area (Å²) in [7, 11) is 0. The third kappa shape index (κ3) is 3.66. The summed E-state index contributed by atoms with van der Waals surface area (Å²) in [6, 6.07) is 6.86. The lowest BCUT2D eigenvalue weighted by Gasteiger charge is -2.02. The van der Waals surface area contributed by atoms with E-state index in [4.69, 9.17) is 0 Å². The highest BCUT2D eigenvalue weighted by atomic mass is 32.1. The van der Waals surface area contributed by atoms with Crippen molar-refractivity contribution in [3.8, 4) is 16.3 Å². The molecule has 0 aliphatic heterocycles. The first-order chi connectivity index (χ1) is 11.0. The summed E-state index contributed by atoms with van der Waals surface area (Å²) >= 11 is 2.86. The Labute approximate surface area is 140 Å². The molecule has 0 atom stereocenters. The van der Waals surface area contributed by atoms with Crippen LogP contribution in [0.5, 0.6) is 5.75 Å². The number of carbonyl (C=O) groups is 1. The summed E-state index contributed by atoms with van der Waals surface area (Å²) in [6.45, 7) is 3.34. The number of phenolic OH excluding ortho intramolecular Hbond substituents is 1. The van der Waals surface area contributed by atoms with Gasteiger partial charge in [-0.3, -0.25) is 4.79 Å². The number of hydrogen-bond acceptors (Lipinski definition) is 7. The highest BCUT2D eigenvalue weighted by molar-refractivity contribution is 7.20. The first-order valence-corrected chi connectivity index (χ1v) is 8.48. The number of anilines is 3. The third-order valence-electron chi connectivity index (χ3n) is 2.91. The summed E-state index contributed by atoms with van der Waals surface area (Å²) in [5.41, 5.74) is 2.41. The van der Waals surface area contributed by atoms with Crippen molar-refractivity contribution >= 4 is 44.5 Å². The minimum absolute atomic E-state index is 0.144. The van der Waals surface area contributed by atoms with Gasteiger partial charge in [0.25, 0.3) is 0 Å². The molecule has 0 radical (unpaired) electrons. The Hall–Kier alpha value is -2.45. The van der Waals surface area contributed by atoms with Crippen molar-refractivity contribution in [3.63, 3.8) is 0 Å². The highest BCUT2D eigenvalue weighted by Gasteiger charge is 2.14. The molecule has 3 N–H and O–H groups in total. The fourth-order valence-electron chi connectivity index (χ4n) is 1.98. The molecular weight excluding hydrogens is 332 g/mol. The lowest BCUT2D eigenvalue weighted by molar-refractivity contribution is -0.114. The highest BCUT2D eigenvalue weighted by Crippen LogP contribution is 2.35. The molecule has 0 spiro atoms. The molecule has 0 fully saturated rings. The molecule has 0 unspecified atom stereocenters. The second-order valence-corrected chi connectivity index (χ2v) is 6.69. The molecule has 2 aromatic heterocycles. The van der Waals surface area contributed by atoms with Crippen LogP contribution in [0.15, 0.2) is 29.6 Å². The van der Waals surface area contributed by atoms with E-state index in [-0.39, 0.29) is 11.7 Å². The van der Waals surface area contributed by atoms with Crippen molar-refractivity contribution in [2.45, 2.75) is 13.8 Å². The average molecular weight is 346 g/mol. The first kappa shape index (κ1) is 15.4. The maximum Gasteiger partial charge on any atom is 0.223 e. The van der Waals surface area contributed by atoms with Crippen molar-refractivity contribution < 1.29 is 9.90 Å². The van der Waals surface area contributed by atoms with Gasteiger partial charge in [-0.15, -0.1) is 11.3 Å². The Bertz CT molecular complexity index is 857. The topological polar surface area (TPSA) is 87.1 Å². The number of thiazole rings is 2. The van der Waals surface area contributed by atoms with Crippen LogP contribution in [0.4, 0.5) is 16.0 Å². The van der Waals surface area contributed by atoms with E-state index in [1.165, 1.54) is 29.6 Å². The van der Waals surface area contributed by atoms with Crippen molar-refractivity contribution in [1.29, 1.82) is 0 Å². The van der Waals surface area contributed by atoms with Gasteiger partial charge in [0.15, 0.2) is 10.3 Å². The molecule has 0 aliphatic carbocycles. The van der Waals surface area contributed by atoms with Gasteiger partial charge in [-0.05, 0) is 19.1 Å². The lowest BCUT2D eigenvalue weighted by Crippen LogP contribution is -2.04. The summed E-state index contributed by atoms with van der Waals surface area (Å²) in [5, 5.41) is 18.6. The summed E-state index contributed by atoms with van der Waals surface area (Å²) < 4.78 is 0. The van der Waals surface area contributed by atoms with Gasteiger partial charge in [0.2, 0.25) is 5.91 Å². The molecule has 6 nitrogen and oxygen atoms in total. The third-order valence-corrected chi connectivity index (χ3v) is 4.77. The number of carbonyl (C=O) groups excluding carboxylic acids is 1. The molecule has 3 aromatic rings. The molecule has 2 heterocycles. The van der Waals surface area contributed by atoms with E-state index in [0.717, 1.165) is 27.1 Å². The minimum atomic E-state index is -0.144. The zero-order chi connectivity index (χ0) is 16.4. The molecule has 23 heavy (non-hydrogen) atoms. The monoisotopic (exact) mass is 346 g/mol. The van der Waals surface area contributed by atoms with Gasteiger partial charge in [0.05, 0.1) is 16.3 Å². The predicted octanol–water partition coefficient (Wildman–Crippen LogP) is 3.98. The van der Waals surface area contributed by atoms with Crippen molar-refractivity contribution in [3.05, 3.63) is 35.3 Å². The Morgan fingerprint density at radius 3 is 2.83 bits per heavy atom. The molecule has 8 heteroatoms. The van der Waals surface area contributed by atoms with Crippen LogP contribution >= 0.6 is 22.7 Å². The second-order valence-electron chi connectivity index (χ2n) is 4.83. The normalized spacial score (nSPS) is 10.5. The number of amides is 1. The molecule has 1 aromatic carbocycles. The number of benzene rings is 1. The van der Waals surface area contributed by atoms with E-state index in [0.29, 0.717) is 5.13 Å². The fraction of sp³-hybridized carbons (Fsp3) is 0.133. The zero-order valence-corrected chi connectivity index (χ0v) is 14.1. The Morgan fingerprint density at radius 1 is 1.26 bits per heavy atom. The van der Waals surface area contributed by atoms with Gasteiger partial charge >= 0.3 is 0 Å². The SMILES string of the molecule is CC(=O)Nc1nc(C)c(-c2csc(Nc3cccc(O)c3)n2)s1. The van der Waals surface area contributed by atoms with Crippen LogP contribution in [-0.2, 0) is 4.79 Å². The van der Waals surface area contributed by atoms with Crippen LogP contribution in [0.3, 0.4) is 0 Å². The zero-order valence-electron chi connectivity index (χ0n) is 12.5. The fourth-order valence-corrected chi connectivity index (χ4v) is 3.75. The maximum absolute atomic E-state index is 11.1. The van der Waals surface area contributed by atoms with Gasteiger partial charge in [-0.25, -0.2) is 9.97 Å². The quantitative estimate of drug-likeness (QED) is 0.665. The van der Waals surface area contributed by atoms with E-state index in [1.54, 1.807) is 18.2 Å². The molecular formula is C15H14N4O2S2. The molecule has 0 saturated carbocycles. The Balaban J connectivity index is 1.81. The number of nitrogens with one attached hydrogen (secondary N) is 2. The van der Waals surface area contributed by atoms with E-state index in [1.807, 2.05) is 18.4 Å².